The number of amides is 2. The van der Waals surface area contributed by atoms with Gasteiger partial charge < -0.3 is 19.7 Å². The topological polar surface area (TPSA) is 129 Å². The third-order valence-electron chi connectivity index (χ3n) is 6.55. The fourth-order valence-corrected chi connectivity index (χ4v) is 3.29. The van der Waals surface area contributed by atoms with Crippen molar-refractivity contribution in [2.45, 2.75) is 53.5 Å². The quantitative estimate of drug-likeness (QED) is 0.328. The lowest BCUT2D eigenvalue weighted by Gasteiger charge is -2.40. The van der Waals surface area contributed by atoms with Crippen LogP contribution in [-0.2, 0) is 20.7 Å². The molecule has 35 heavy (non-hydrogen) atoms. The largest absolute Gasteiger partial charge is 0.449 e. The third-order valence-corrected chi connectivity index (χ3v) is 6.55. The summed E-state index contributed by atoms with van der Waals surface area (Å²) < 4.78 is 10.8. The zero-order valence-corrected chi connectivity index (χ0v) is 21.5. The van der Waals surface area contributed by atoms with Crippen molar-refractivity contribution in [3.05, 3.63) is 30.1 Å². The second kappa shape index (κ2) is 13.0. The third kappa shape index (κ3) is 9.17. The van der Waals surface area contributed by atoms with E-state index in [4.69, 9.17) is 19.7 Å². The molecule has 0 bridgehead atoms. The van der Waals surface area contributed by atoms with Crippen molar-refractivity contribution in [2.75, 3.05) is 39.5 Å². The first-order chi connectivity index (χ1) is 16.5. The van der Waals surface area contributed by atoms with E-state index in [0.29, 0.717) is 39.1 Å². The molecule has 1 aromatic heterocycles. The summed E-state index contributed by atoms with van der Waals surface area (Å²) in [4.78, 5) is 36.2. The van der Waals surface area contributed by atoms with Crippen LogP contribution in [-0.4, -0.2) is 73.3 Å². The molecule has 2 heterocycles. The standard InChI is InChI=1S/C25H38N6O4/c1-24(2,3)25(4,5)18-20(21(32)28-12-9-26)29-22(31-13-16-34-17-14-31)30-23(33)35-15-8-19-6-10-27-11-7-19/h6-7,10-11,20H,8,12-18H2,1-5H3,(H,28,32)(H,29,30,33)/t20-/m0/s1. The Bertz CT molecular complexity index is 899. The SMILES string of the molecule is CC(C)(C)C(C)(C)C[C@H](N=C(NC(=O)OCCc1ccncc1)N1CCOCC1)C(=O)NCC#N. The van der Waals surface area contributed by atoms with Gasteiger partial charge in [-0.2, -0.15) is 5.26 Å². The molecule has 1 aliphatic heterocycles. The van der Waals surface area contributed by atoms with E-state index >= 15 is 0 Å². The molecule has 192 valence electrons. The Morgan fingerprint density at radius 3 is 2.49 bits per heavy atom. The summed E-state index contributed by atoms with van der Waals surface area (Å²) in [7, 11) is 0. The fraction of sp³-hybridized carbons (Fsp3) is 0.640. The second-order valence-corrected chi connectivity index (χ2v) is 10.1. The van der Waals surface area contributed by atoms with Crippen LogP contribution in [0.3, 0.4) is 0 Å². The molecule has 0 aromatic carbocycles. The number of morpholine rings is 1. The van der Waals surface area contributed by atoms with E-state index in [1.165, 1.54) is 0 Å². The Balaban J connectivity index is 2.21. The van der Waals surface area contributed by atoms with Crippen LogP contribution in [0, 0.1) is 22.2 Å². The Labute approximate surface area is 208 Å². The Hall–Kier alpha value is -3.19. The molecule has 0 spiro atoms. The lowest BCUT2D eigenvalue weighted by atomic mass is 9.66. The predicted molar refractivity (Wildman–Crippen MR) is 133 cm³/mol. The van der Waals surface area contributed by atoms with Gasteiger partial charge in [-0.05, 0) is 34.9 Å². The molecule has 1 aromatic rings. The summed E-state index contributed by atoms with van der Waals surface area (Å²) in [6.45, 7) is 12.6. The van der Waals surface area contributed by atoms with Gasteiger partial charge in [-0.1, -0.05) is 34.6 Å². The van der Waals surface area contributed by atoms with Crippen molar-refractivity contribution in [2.24, 2.45) is 15.8 Å². The zero-order valence-electron chi connectivity index (χ0n) is 21.5. The van der Waals surface area contributed by atoms with E-state index in [-0.39, 0.29) is 35.8 Å². The molecular formula is C25H38N6O4. The van der Waals surface area contributed by atoms with E-state index in [1.54, 1.807) is 12.4 Å². The number of carbonyl (C=O) groups excluding carboxylic acids is 2. The van der Waals surface area contributed by atoms with Crippen LogP contribution in [0.2, 0.25) is 0 Å². The molecule has 2 amide bonds. The van der Waals surface area contributed by atoms with Crippen molar-refractivity contribution >= 4 is 18.0 Å². The molecule has 1 fully saturated rings. The zero-order chi connectivity index (χ0) is 25.9. The van der Waals surface area contributed by atoms with E-state index in [0.717, 1.165) is 5.56 Å². The maximum Gasteiger partial charge on any atom is 0.413 e. The molecule has 1 atom stereocenters. The summed E-state index contributed by atoms with van der Waals surface area (Å²) in [5.41, 5.74) is 0.648. The smallest absolute Gasteiger partial charge is 0.413 e. The summed E-state index contributed by atoms with van der Waals surface area (Å²) in [5.74, 6) is -0.0912. The van der Waals surface area contributed by atoms with Crippen LogP contribution in [0.15, 0.2) is 29.5 Å². The number of carbonyl (C=O) groups is 2. The number of pyridine rings is 1. The number of rotatable bonds is 8. The molecule has 0 aliphatic carbocycles. The van der Waals surface area contributed by atoms with Gasteiger partial charge in [0.2, 0.25) is 11.9 Å². The molecule has 2 N–H and O–H groups in total. The van der Waals surface area contributed by atoms with Crippen molar-refractivity contribution in [3.8, 4) is 6.07 Å². The van der Waals surface area contributed by atoms with Gasteiger partial charge in [0.15, 0.2) is 0 Å². The molecule has 0 unspecified atom stereocenters. The van der Waals surface area contributed by atoms with E-state index in [1.807, 2.05) is 23.1 Å². The van der Waals surface area contributed by atoms with Gasteiger partial charge in [-0.15, -0.1) is 0 Å². The number of hydrogen-bond donors (Lipinski definition) is 2. The van der Waals surface area contributed by atoms with Crippen molar-refractivity contribution < 1.29 is 19.1 Å². The lowest BCUT2D eigenvalue weighted by molar-refractivity contribution is -0.123. The van der Waals surface area contributed by atoms with E-state index in [2.05, 4.69) is 50.2 Å². The molecule has 0 radical (unpaired) electrons. The van der Waals surface area contributed by atoms with Crippen LogP contribution in [0.4, 0.5) is 4.79 Å². The van der Waals surface area contributed by atoms with Crippen LogP contribution >= 0.6 is 0 Å². The number of nitriles is 1. The highest BCUT2D eigenvalue weighted by molar-refractivity contribution is 5.95. The minimum absolute atomic E-state index is 0.102. The molecule has 1 saturated heterocycles. The van der Waals surface area contributed by atoms with Crippen LogP contribution in [0.25, 0.3) is 0 Å². The average molecular weight is 487 g/mol. The van der Waals surface area contributed by atoms with Crippen LogP contribution < -0.4 is 10.6 Å². The van der Waals surface area contributed by atoms with Gasteiger partial charge in [0.1, 0.15) is 12.6 Å². The predicted octanol–water partition coefficient (Wildman–Crippen LogP) is 2.51. The number of aliphatic imine (C=N–C) groups is 1. The normalized spacial score (nSPS) is 15.7. The minimum atomic E-state index is -0.799. The summed E-state index contributed by atoms with van der Waals surface area (Å²) in [5, 5.41) is 14.3. The van der Waals surface area contributed by atoms with E-state index in [9.17, 15) is 9.59 Å². The highest BCUT2D eigenvalue weighted by atomic mass is 16.5. The number of hydrogen-bond acceptors (Lipinski definition) is 7. The number of ether oxygens (including phenoxy) is 2. The number of aromatic nitrogens is 1. The van der Waals surface area contributed by atoms with Gasteiger partial charge in [-0.3, -0.25) is 15.1 Å². The van der Waals surface area contributed by atoms with Gasteiger partial charge >= 0.3 is 6.09 Å². The van der Waals surface area contributed by atoms with Crippen molar-refractivity contribution in [1.29, 1.82) is 5.26 Å². The molecule has 0 saturated carbocycles. The average Bonchev–Trinajstić information content (AvgIpc) is 2.82. The second-order valence-electron chi connectivity index (χ2n) is 10.1. The number of nitrogens with zero attached hydrogens (tertiary/aromatic N) is 4. The first-order valence-electron chi connectivity index (χ1n) is 11.9. The maximum atomic E-state index is 13.0. The molecule has 10 heteroatoms. The molecular weight excluding hydrogens is 448 g/mol. The summed E-state index contributed by atoms with van der Waals surface area (Å²) in [6.07, 6.45) is 3.72. The van der Waals surface area contributed by atoms with Crippen molar-refractivity contribution in [1.82, 2.24) is 20.5 Å². The first-order valence-corrected chi connectivity index (χ1v) is 11.9. The van der Waals surface area contributed by atoms with Gasteiger partial charge in [0.05, 0.1) is 25.9 Å². The monoisotopic (exact) mass is 486 g/mol. The van der Waals surface area contributed by atoms with Gasteiger partial charge in [0.25, 0.3) is 0 Å². The maximum absolute atomic E-state index is 13.0. The Kier molecular flexibility index (Phi) is 10.5. The fourth-order valence-electron chi connectivity index (χ4n) is 3.29. The Morgan fingerprint density at radius 1 is 1.23 bits per heavy atom. The number of guanidine groups is 1. The molecule has 1 aliphatic rings. The highest BCUT2D eigenvalue weighted by Gasteiger charge is 2.37. The van der Waals surface area contributed by atoms with Crippen LogP contribution in [0.5, 0.6) is 0 Å². The van der Waals surface area contributed by atoms with E-state index < -0.39 is 12.1 Å². The summed E-state index contributed by atoms with van der Waals surface area (Å²) >= 11 is 0. The molecule has 2 rings (SSSR count). The van der Waals surface area contributed by atoms with Gasteiger partial charge in [-0.25, -0.2) is 9.79 Å². The number of nitrogens with one attached hydrogen (secondary N) is 2. The lowest BCUT2D eigenvalue weighted by Crippen LogP contribution is -2.51. The van der Waals surface area contributed by atoms with Crippen molar-refractivity contribution in [3.63, 3.8) is 0 Å². The van der Waals surface area contributed by atoms with Gasteiger partial charge in [0, 0.05) is 31.9 Å². The Morgan fingerprint density at radius 2 is 1.89 bits per heavy atom. The summed E-state index contributed by atoms with van der Waals surface area (Å²) in [6, 6.07) is 4.86. The molecule has 10 nitrogen and oxygen atoms in total. The minimum Gasteiger partial charge on any atom is -0.449 e. The van der Waals surface area contributed by atoms with Crippen LogP contribution in [0.1, 0.15) is 46.6 Å². The first kappa shape index (κ1) is 28.1. The highest BCUT2D eigenvalue weighted by Crippen LogP contribution is 2.42. The number of alkyl carbamates (subject to hydrolysis) is 1.